The quantitative estimate of drug-likeness (QED) is 0.899. The van der Waals surface area contributed by atoms with Crippen LogP contribution in [-0.2, 0) is 13.1 Å². The second-order valence-corrected chi connectivity index (χ2v) is 4.52. The molecule has 0 saturated heterocycles. The maximum absolute atomic E-state index is 13.6. The standard InChI is InChI=1S/C15H15ClFNO/c1-19-15-8-3-2-5-11(15)9-18-10-12-13(16)6-4-7-14(12)17/h2-8,18H,9-10H2,1H3. The van der Waals surface area contributed by atoms with Gasteiger partial charge in [-0.25, -0.2) is 4.39 Å². The molecule has 0 aliphatic heterocycles. The van der Waals surface area contributed by atoms with Crippen LogP contribution in [0.25, 0.3) is 0 Å². The van der Waals surface area contributed by atoms with E-state index in [-0.39, 0.29) is 5.82 Å². The van der Waals surface area contributed by atoms with Gasteiger partial charge >= 0.3 is 0 Å². The summed E-state index contributed by atoms with van der Waals surface area (Å²) < 4.78 is 18.8. The minimum absolute atomic E-state index is 0.292. The first-order chi connectivity index (χ1) is 9.22. The highest BCUT2D eigenvalue weighted by molar-refractivity contribution is 6.31. The number of ether oxygens (including phenoxy) is 1. The zero-order valence-electron chi connectivity index (χ0n) is 10.6. The van der Waals surface area contributed by atoms with Crippen LogP contribution >= 0.6 is 11.6 Å². The summed E-state index contributed by atoms with van der Waals surface area (Å²) in [6.45, 7) is 0.970. The molecule has 0 aliphatic rings. The zero-order chi connectivity index (χ0) is 13.7. The molecule has 100 valence electrons. The van der Waals surface area contributed by atoms with Crippen molar-refractivity contribution in [2.24, 2.45) is 0 Å². The van der Waals surface area contributed by atoms with Gasteiger partial charge in [0.25, 0.3) is 0 Å². The molecule has 0 spiro atoms. The highest BCUT2D eigenvalue weighted by atomic mass is 35.5. The summed E-state index contributed by atoms with van der Waals surface area (Å²) in [6, 6.07) is 12.4. The van der Waals surface area contributed by atoms with Crippen molar-refractivity contribution >= 4 is 11.6 Å². The van der Waals surface area contributed by atoms with Gasteiger partial charge in [-0.2, -0.15) is 0 Å². The smallest absolute Gasteiger partial charge is 0.129 e. The Balaban J connectivity index is 2.00. The fourth-order valence-corrected chi connectivity index (χ4v) is 2.10. The average Bonchev–Trinajstić information content (AvgIpc) is 2.42. The third kappa shape index (κ3) is 3.46. The maximum atomic E-state index is 13.6. The highest BCUT2D eigenvalue weighted by Crippen LogP contribution is 2.20. The molecular weight excluding hydrogens is 265 g/mol. The van der Waals surface area contributed by atoms with Crippen LogP contribution in [0.15, 0.2) is 42.5 Å². The summed E-state index contributed by atoms with van der Waals surface area (Å²) in [6.07, 6.45) is 0. The van der Waals surface area contributed by atoms with Gasteiger partial charge in [-0.1, -0.05) is 35.9 Å². The molecule has 0 fully saturated rings. The third-order valence-electron chi connectivity index (χ3n) is 2.87. The Hall–Kier alpha value is -1.58. The summed E-state index contributed by atoms with van der Waals surface area (Å²) >= 11 is 5.97. The number of hydrogen-bond donors (Lipinski definition) is 1. The van der Waals surface area contributed by atoms with E-state index in [2.05, 4.69) is 5.32 Å². The summed E-state index contributed by atoms with van der Waals surface area (Å²) in [7, 11) is 1.63. The Morgan fingerprint density at radius 1 is 1.11 bits per heavy atom. The first-order valence-electron chi connectivity index (χ1n) is 5.98. The molecule has 2 nitrogen and oxygen atoms in total. The molecule has 19 heavy (non-hydrogen) atoms. The van der Waals surface area contributed by atoms with Gasteiger partial charge in [-0.3, -0.25) is 0 Å². The fraction of sp³-hybridized carbons (Fsp3) is 0.200. The van der Waals surface area contributed by atoms with Crippen molar-refractivity contribution in [3.8, 4) is 5.75 Å². The lowest BCUT2D eigenvalue weighted by atomic mass is 10.1. The van der Waals surface area contributed by atoms with E-state index in [0.29, 0.717) is 23.7 Å². The monoisotopic (exact) mass is 279 g/mol. The van der Waals surface area contributed by atoms with Gasteiger partial charge in [0.15, 0.2) is 0 Å². The van der Waals surface area contributed by atoms with Crippen molar-refractivity contribution in [3.05, 3.63) is 64.4 Å². The van der Waals surface area contributed by atoms with Crippen LogP contribution in [0.3, 0.4) is 0 Å². The van der Waals surface area contributed by atoms with Crippen molar-refractivity contribution in [2.45, 2.75) is 13.1 Å². The molecule has 0 unspecified atom stereocenters. The molecule has 0 radical (unpaired) electrons. The largest absolute Gasteiger partial charge is 0.496 e. The molecule has 0 amide bonds. The van der Waals surface area contributed by atoms with E-state index in [4.69, 9.17) is 16.3 Å². The van der Waals surface area contributed by atoms with Crippen molar-refractivity contribution in [2.75, 3.05) is 7.11 Å². The van der Waals surface area contributed by atoms with Gasteiger partial charge in [-0.15, -0.1) is 0 Å². The summed E-state index contributed by atoms with van der Waals surface area (Å²) in [5.74, 6) is 0.523. The summed E-state index contributed by atoms with van der Waals surface area (Å²) in [4.78, 5) is 0. The number of methoxy groups -OCH3 is 1. The number of benzene rings is 2. The lowest BCUT2D eigenvalue weighted by Crippen LogP contribution is -2.14. The van der Waals surface area contributed by atoms with Gasteiger partial charge in [0.05, 0.1) is 7.11 Å². The number of para-hydroxylation sites is 1. The summed E-state index contributed by atoms with van der Waals surface area (Å²) in [5, 5.41) is 3.61. The molecule has 0 bridgehead atoms. The van der Waals surface area contributed by atoms with E-state index in [1.54, 1.807) is 19.2 Å². The van der Waals surface area contributed by atoms with E-state index in [1.165, 1.54) is 6.07 Å². The lowest BCUT2D eigenvalue weighted by molar-refractivity contribution is 0.407. The predicted molar refractivity (Wildman–Crippen MR) is 74.9 cm³/mol. The highest BCUT2D eigenvalue weighted by Gasteiger charge is 2.07. The van der Waals surface area contributed by atoms with E-state index in [9.17, 15) is 4.39 Å². The maximum Gasteiger partial charge on any atom is 0.129 e. The molecule has 0 aliphatic carbocycles. The van der Waals surface area contributed by atoms with Crippen LogP contribution in [0.1, 0.15) is 11.1 Å². The normalized spacial score (nSPS) is 10.5. The molecular formula is C15H15ClFNO. The van der Waals surface area contributed by atoms with Crippen molar-refractivity contribution < 1.29 is 9.13 Å². The van der Waals surface area contributed by atoms with Crippen LogP contribution in [0.5, 0.6) is 5.75 Å². The fourth-order valence-electron chi connectivity index (χ4n) is 1.87. The molecule has 0 atom stereocenters. The minimum atomic E-state index is -0.292. The molecule has 0 saturated carbocycles. The third-order valence-corrected chi connectivity index (χ3v) is 3.23. The van der Waals surface area contributed by atoms with Gasteiger partial charge in [-0.05, 0) is 18.2 Å². The Bertz CT molecular complexity index is 539. The molecule has 4 heteroatoms. The van der Waals surface area contributed by atoms with Crippen molar-refractivity contribution in [3.63, 3.8) is 0 Å². The number of nitrogens with one attached hydrogen (secondary N) is 1. The first-order valence-corrected chi connectivity index (χ1v) is 6.35. The van der Waals surface area contributed by atoms with Crippen LogP contribution < -0.4 is 10.1 Å². The van der Waals surface area contributed by atoms with Gasteiger partial charge < -0.3 is 10.1 Å². The van der Waals surface area contributed by atoms with Crippen LogP contribution in [0, 0.1) is 5.82 Å². The first kappa shape index (κ1) is 13.8. The molecule has 0 aromatic heterocycles. The molecule has 2 aromatic carbocycles. The van der Waals surface area contributed by atoms with Crippen molar-refractivity contribution in [1.82, 2.24) is 5.32 Å². The molecule has 1 N–H and O–H groups in total. The number of hydrogen-bond acceptors (Lipinski definition) is 2. The zero-order valence-corrected chi connectivity index (χ0v) is 11.4. The molecule has 2 aromatic rings. The predicted octanol–water partition coefficient (Wildman–Crippen LogP) is 3.78. The van der Waals surface area contributed by atoms with Gasteiger partial charge in [0.2, 0.25) is 0 Å². The number of rotatable bonds is 5. The van der Waals surface area contributed by atoms with Crippen LogP contribution in [0.2, 0.25) is 5.02 Å². The Morgan fingerprint density at radius 3 is 2.63 bits per heavy atom. The van der Waals surface area contributed by atoms with Crippen molar-refractivity contribution in [1.29, 1.82) is 0 Å². The topological polar surface area (TPSA) is 21.3 Å². The summed E-state index contributed by atoms with van der Waals surface area (Å²) in [5.41, 5.74) is 1.51. The van der Waals surface area contributed by atoms with Crippen LogP contribution in [0.4, 0.5) is 4.39 Å². The number of halogens is 2. The molecule has 2 rings (SSSR count). The van der Waals surface area contributed by atoms with E-state index >= 15 is 0 Å². The van der Waals surface area contributed by atoms with Crippen LogP contribution in [-0.4, -0.2) is 7.11 Å². The Labute approximate surface area is 117 Å². The second kappa shape index (κ2) is 6.55. The molecule has 0 heterocycles. The van der Waals surface area contributed by atoms with E-state index in [0.717, 1.165) is 11.3 Å². The second-order valence-electron chi connectivity index (χ2n) is 4.12. The SMILES string of the molecule is COc1ccccc1CNCc1c(F)cccc1Cl. The lowest BCUT2D eigenvalue weighted by Gasteiger charge is -2.10. The Kier molecular flexibility index (Phi) is 4.77. The van der Waals surface area contributed by atoms with E-state index < -0.39 is 0 Å². The Morgan fingerprint density at radius 2 is 1.89 bits per heavy atom. The van der Waals surface area contributed by atoms with Gasteiger partial charge in [0.1, 0.15) is 11.6 Å². The minimum Gasteiger partial charge on any atom is -0.496 e. The van der Waals surface area contributed by atoms with E-state index in [1.807, 2.05) is 24.3 Å². The average molecular weight is 280 g/mol. The van der Waals surface area contributed by atoms with Gasteiger partial charge in [0, 0.05) is 29.2 Å².